The number of anilines is 1. The van der Waals surface area contributed by atoms with E-state index in [1.165, 1.54) is 11.6 Å². The van der Waals surface area contributed by atoms with Crippen molar-refractivity contribution >= 4 is 34.8 Å². The molecule has 164 valence electrons. The maximum Gasteiger partial charge on any atom is 0.259 e. The van der Waals surface area contributed by atoms with Crippen LogP contribution in [0.15, 0.2) is 66.7 Å². The molecule has 3 aromatic carbocycles. The molecule has 1 saturated heterocycles. The molecule has 3 aromatic rings. The summed E-state index contributed by atoms with van der Waals surface area (Å²) in [5, 5.41) is 0.808. The molecule has 0 N–H and O–H groups in total. The lowest BCUT2D eigenvalue weighted by Crippen LogP contribution is -2.45. The third-order valence-electron chi connectivity index (χ3n) is 6.75. The van der Waals surface area contributed by atoms with Gasteiger partial charge >= 0.3 is 0 Å². The molecule has 2 aliphatic rings. The van der Waals surface area contributed by atoms with Crippen molar-refractivity contribution in [2.45, 2.75) is 24.8 Å². The molecule has 0 unspecified atom stereocenters. The van der Waals surface area contributed by atoms with Crippen LogP contribution in [0.25, 0.3) is 0 Å². The van der Waals surface area contributed by atoms with Gasteiger partial charge in [-0.1, -0.05) is 53.5 Å². The molecule has 0 saturated carbocycles. The maximum atomic E-state index is 14.3. The number of fused-ring (bicyclic) bond motifs is 2. The predicted molar refractivity (Wildman–Crippen MR) is 127 cm³/mol. The molecule has 5 rings (SSSR count). The van der Waals surface area contributed by atoms with Gasteiger partial charge in [0.15, 0.2) is 0 Å². The Morgan fingerprint density at radius 3 is 2.44 bits per heavy atom. The molecule has 2 aliphatic heterocycles. The molecular weight excluding hydrogens is 446 g/mol. The van der Waals surface area contributed by atoms with Crippen molar-refractivity contribution in [3.8, 4) is 0 Å². The summed E-state index contributed by atoms with van der Waals surface area (Å²) in [7, 11) is 0. The summed E-state index contributed by atoms with van der Waals surface area (Å²) in [5.41, 5.74) is 3.15. The van der Waals surface area contributed by atoms with E-state index in [-0.39, 0.29) is 17.1 Å². The normalized spacial score (nSPS) is 17.5. The number of piperidine rings is 1. The summed E-state index contributed by atoms with van der Waals surface area (Å²) in [6, 6.07) is 20.1. The van der Waals surface area contributed by atoms with Crippen LogP contribution in [0, 0.1) is 5.82 Å². The van der Waals surface area contributed by atoms with E-state index >= 15 is 0 Å². The van der Waals surface area contributed by atoms with Crippen molar-refractivity contribution in [2.24, 2.45) is 0 Å². The van der Waals surface area contributed by atoms with E-state index in [0.29, 0.717) is 22.2 Å². The van der Waals surface area contributed by atoms with Gasteiger partial charge in [0.25, 0.3) is 5.91 Å². The Kier molecular flexibility index (Phi) is 5.70. The van der Waals surface area contributed by atoms with E-state index in [4.69, 9.17) is 23.2 Å². The van der Waals surface area contributed by atoms with Gasteiger partial charge in [-0.3, -0.25) is 9.69 Å². The summed E-state index contributed by atoms with van der Waals surface area (Å²) in [5.74, 6) is -0.447. The van der Waals surface area contributed by atoms with E-state index in [0.717, 1.165) is 43.7 Å². The first kappa shape index (κ1) is 21.4. The summed E-state index contributed by atoms with van der Waals surface area (Å²) >= 11 is 12.3. The van der Waals surface area contributed by atoms with Crippen LogP contribution in [0.5, 0.6) is 0 Å². The molecule has 0 radical (unpaired) electrons. The highest BCUT2D eigenvalue weighted by Crippen LogP contribution is 2.48. The Balaban J connectivity index is 1.41. The van der Waals surface area contributed by atoms with Gasteiger partial charge < -0.3 is 4.90 Å². The van der Waals surface area contributed by atoms with Crippen molar-refractivity contribution in [1.82, 2.24) is 4.90 Å². The predicted octanol–water partition coefficient (Wildman–Crippen LogP) is 6.33. The van der Waals surface area contributed by atoms with Crippen molar-refractivity contribution in [3.63, 3.8) is 0 Å². The van der Waals surface area contributed by atoms with Gasteiger partial charge in [-0.05, 0) is 73.5 Å². The Labute approximate surface area is 197 Å². The molecule has 3 nitrogen and oxygen atoms in total. The fourth-order valence-corrected chi connectivity index (χ4v) is 5.53. The number of hydrogen-bond donors (Lipinski definition) is 0. The van der Waals surface area contributed by atoms with Crippen molar-refractivity contribution in [1.29, 1.82) is 0 Å². The Bertz CT molecular complexity index is 1160. The van der Waals surface area contributed by atoms with Crippen LogP contribution in [0.1, 0.15) is 34.3 Å². The third-order valence-corrected chi connectivity index (χ3v) is 7.30. The van der Waals surface area contributed by atoms with Gasteiger partial charge in [0.05, 0.1) is 10.6 Å². The monoisotopic (exact) mass is 468 g/mol. The second-order valence-corrected chi connectivity index (χ2v) is 9.56. The number of amides is 1. The minimum atomic E-state index is -0.270. The molecular formula is C26H23Cl2FN2O. The lowest BCUT2D eigenvalue weighted by molar-refractivity contribution is 0.0975. The lowest BCUT2D eigenvalue weighted by atomic mass is 9.74. The van der Waals surface area contributed by atoms with E-state index in [2.05, 4.69) is 29.2 Å². The Morgan fingerprint density at radius 1 is 0.969 bits per heavy atom. The number of nitrogens with zero attached hydrogens (tertiary/aromatic N) is 2. The average molecular weight is 469 g/mol. The zero-order valence-electron chi connectivity index (χ0n) is 17.5. The first-order valence-electron chi connectivity index (χ1n) is 10.8. The van der Waals surface area contributed by atoms with Gasteiger partial charge in [0, 0.05) is 29.2 Å². The van der Waals surface area contributed by atoms with Crippen LogP contribution in [0.4, 0.5) is 10.1 Å². The van der Waals surface area contributed by atoms with E-state index < -0.39 is 0 Å². The van der Waals surface area contributed by atoms with Crippen LogP contribution in [0.3, 0.4) is 0 Å². The van der Waals surface area contributed by atoms with Crippen LogP contribution >= 0.6 is 23.2 Å². The van der Waals surface area contributed by atoms with Gasteiger partial charge in [0.1, 0.15) is 5.82 Å². The highest BCUT2D eigenvalue weighted by atomic mass is 35.5. The van der Waals surface area contributed by atoms with E-state index in [1.807, 2.05) is 6.07 Å². The second kappa shape index (κ2) is 8.51. The fraction of sp³-hybridized carbons (Fsp3) is 0.269. The average Bonchev–Trinajstić information content (AvgIpc) is 3.09. The van der Waals surface area contributed by atoms with Gasteiger partial charge in [-0.25, -0.2) is 4.39 Å². The molecule has 32 heavy (non-hydrogen) atoms. The Morgan fingerprint density at radius 2 is 1.72 bits per heavy atom. The number of halogens is 3. The summed E-state index contributed by atoms with van der Waals surface area (Å²) in [4.78, 5) is 17.6. The molecule has 2 heterocycles. The first-order chi connectivity index (χ1) is 15.4. The number of carbonyl (C=O) groups is 1. The van der Waals surface area contributed by atoms with E-state index in [9.17, 15) is 9.18 Å². The quantitative estimate of drug-likeness (QED) is 0.448. The summed E-state index contributed by atoms with van der Waals surface area (Å²) < 4.78 is 14.3. The van der Waals surface area contributed by atoms with Crippen molar-refractivity contribution in [3.05, 3.63) is 99.3 Å². The lowest BCUT2D eigenvalue weighted by Gasteiger charge is -2.40. The highest BCUT2D eigenvalue weighted by molar-refractivity contribution is 6.37. The smallest absolute Gasteiger partial charge is 0.259 e. The number of benzene rings is 3. The molecule has 1 amide bonds. The molecule has 0 atom stereocenters. The molecule has 6 heteroatoms. The number of likely N-dealkylation sites (tertiary alicyclic amines) is 1. The topological polar surface area (TPSA) is 23.6 Å². The van der Waals surface area contributed by atoms with Crippen LogP contribution in [-0.2, 0) is 12.0 Å². The molecule has 0 bridgehead atoms. The number of rotatable bonds is 3. The second-order valence-electron chi connectivity index (χ2n) is 8.72. The standard InChI is InChI=1S/C26H23Cl2FN2O/c27-19-6-8-21(23(28)14-19)25(32)31-17-26(22-15-20(29)7-9-24(22)31)10-12-30(13-11-26)16-18-4-2-1-3-5-18/h1-9,14-15H,10-13,16-17H2. The number of carbonyl (C=O) groups excluding carboxylic acids is 1. The first-order valence-corrected chi connectivity index (χ1v) is 11.5. The molecule has 0 aliphatic carbocycles. The zero-order chi connectivity index (χ0) is 22.3. The summed E-state index contributed by atoms with van der Waals surface area (Å²) in [6.45, 7) is 3.22. The zero-order valence-corrected chi connectivity index (χ0v) is 19.0. The molecule has 1 spiro atoms. The molecule has 0 aromatic heterocycles. The molecule has 1 fully saturated rings. The van der Waals surface area contributed by atoms with Crippen LogP contribution < -0.4 is 4.90 Å². The van der Waals surface area contributed by atoms with Crippen molar-refractivity contribution in [2.75, 3.05) is 24.5 Å². The van der Waals surface area contributed by atoms with Gasteiger partial charge in [-0.15, -0.1) is 0 Å². The fourth-order valence-electron chi connectivity index (χ4n) is 5.04. The Hall–Kier alpha value is -2.40. The van der Waals surface area contributed by atoms with E-state index in [1.54, 1.807) is 35.2 Å². The van der Waals surface area contributed by atoms with Crippen molar-refractivity contribution < 1.29 is 9.18 Å². The largest absolute Gasteiger partial charge is 0.307 e. The van der Waals surface area contributed by atoms with Crippen LogP contribution in [0.2, 0.25) is 10.0 Å². The minimum absolute atomic E-state index is 0.178. The van der Waals surface area contributed by atoms with Gasteiger partial charge in [0.2, 0.25) is 0 Å². The van der Waals surface area contributed by atoms with Crippen LogP contribution in [-0.4, -0.2) is 30.4 Å². The highest BCUT2D eigenvalue weighted by Gasteiger charge is 2.46. The minimum Gasteiger partial charge on any atom is -0.307 e. The third kappa shape index (κ3) is 3.92. The van der Waals surface area contributed by atoms with Gasteiger partial charge in [-0.2, -0.15) is 0 Å². The summed E-state index contributed by atoms with van der Waals surface area (Å²) in [6.07, 6.45) is 1.74. The SMILES string of the molecule is O=C(c1ccc(Cl)cc1Cl)N1CC2(CCN(Cc3ccccc3)CC2)c2cc(F)ccc21. The number of hydrogen-bond acceptors (Lipinski definition) is 2. The maximum absolute atomic E-state index is 14.3.